The van der Waals surface area contributed by atoms with E-state index in [1.165, 1.54) is 0 Å². The van der Waals surface area contributed by atoms with Gasteiger partial charge in [-0.1, -0.05) is 12.8 Å². The van der Waals surface area contributed by atoms with E-state index >= 15 is 0 Å². The molecule has 0 rings (SSSR count). The van der Waals surface area contributed by atoms with Crippen molar-refractivity contribution in [2.24, 2.45) is 5.73 Å². The van der Waals surface area contributed by atoms with Crippen molar-refractivity contribution in [2.45, 2.75) is 86.7 Å². The smallest absolute Gasteiger partial charge is 0.756 e. The molecule has 0 aliphatic heterocycles. The van der Waals surface area contributed by atoms with Gasteiger partial charge < -0.3 is 192 Å². The van der Waals surface area contributed by atoms with Crippen LogP contribution in [-0.2, 0) is 136 Å². The van der Waals surface area contributed by atoms with E-state index in [1.807, 2.05) is 0 Å². The minimum absolute atomic E-state index is 0. The molecule has 0 fully saturated rings. The van der Waals surface area contributed by atoms with Crippen molar-refractivity contribution in [1.29, 1.82) is 0 Å². The fourth-order valence-corrected chi connectivity index (χ4v) is 12.9. The monoisotopic (exact) mass is 1850 g/mol. The molecular weight excluding hydrogens is 1780 g/mol. The molecule has 71 heteroatoms. The number of phosphoric ester groups is 10. The van der Waals surface area contributed by atoms with Crippen LogP contribution in [0.5, 0.6) is 0 Å². The van der Waals surface area contributed by atoms with Crippen LogP contribution in [0.3, 0.4) is 0 Å². The predicted octanol–water partition coefficient (Wildman–Crippen LogP) is -37.2. The Balaban J connectivity index is -0.00000131. The Morgan fingerprint density at radius 2 is 0.355 bits per heavy atom. The summed E-state index contributed by atoms with van der Waals surface area (Å²) in [5.41, 5.74) is 5.35. The van der Waals surface area contributed by atoms with Gasteiger partial charge in [-0.15, -0.1) is 0 Å². The Morgan fingerprint density at radius 3 is 0.505 bits per heavy atom. The number of aliphatic hydroxyl groups is 11. The molecule has 0 amide bonds. The van der Waals surface area contributed by atoms with Crippen molar-refractivity contribution in [3.8, 4) is 0 Å². The summed E-state index contributed by atoms with van der Waals surface area (Å²) in [5, 5.41) is 106. The number of hydrogen-bond donors (Lipinski definition) is 13. The number of rotatable bonds is 65. The van der Waals surface area contributed by atoms with Crippen molar-refractivity contribution < 1.29 is 507 Å². The Bertz CT molecular complexity index is 2750. The maximum absolute atomic E-state index is 12.2. The molecule has 0 aromatic heterocycles. The molecule has 0 aliphatic carbocycles. The Hall–Kier alpha value is 9.62. The van der Waals surface area contributed by atoms with Gasteiger partial charge in [0.25, 0.3) is 70.4 Å². The van der Waals surface area contributed by atoms with Crippen LogP contribution in [0.15, 0.2) is 0 Å². The molecular formula is C36H76NNa9O51P10. The Morgan fingerprint density at radius 1 is 0.224 bits per heavy atom. The first-order chi connectivity index (χ1) is 44.9. The van der Waals surface area contributed by atoms with Gasteiger partial charge in [0.15, 0.2) is 0 Å². The normalized spacial score (nSPS) is 20.0. The fourth-order valence-electron chi connectivity index (χ4n) is 5.01. The van der Waals surface area contributed by atoms with Gasteiger partial charge in [-0.05, 0) is 19.4 Å². The van der Waals surface area contributed by atoms with E-state index < -0.39 is 271 Å². The minimum atomic E-state index is -5.52. The number of aliphatic hydroxyl groups excluding tert-OH is 11. The van der Waals surface area contributed by atoms with Gasteiger partial charge in [0.2, 0.25) is 0 Å². The summed E-state index contributed by atoms with van der Waals surface area (Å²) in [6, 6.07) is 0. The van der Waals surface area contributed by atoms with E-state index in [9.17, 15) is 141 Å². The zero-order chi connectivity index (χ0) is 75.3. The maximum Gasteiger partial charge on any atom is 1.00 e. The average molecular weight is 1860 g/mol. The second kappa shape index (κ2) is 71.6. The van der Waals surface area contributed by atoms with Crippen LogP contribution >= 0.6 is 78.2 Å². The summed E-state index contributed by atoms with van der Waals surface area (Å²) < 4.78 is 206. The Kier molecular flexibility index (Phi) is 91.8. The molecule has 19 unspecified atom stereocenters. The van der Waals surface area contributed by atoms with Crippen LogP contribution < -0.4 is 316 Å². The molecule has 0 aromatic rings. The summed E-state index contributed by atoms with van der Waals surface area (Å²) in [6.45, 7) is -23.9. The Labute approximate surface area is 811 Å². The van der Waals surface area contributed by atoms with Gasteiger partial charge in [-0.25, -0.2) is 4.57 Å². The number of nitrogens with two attached hydrogens (primary N) is 1. The van der Waals surface area contributed by atoms with Gasteiger partial charge >= 0.3 is 274 Å². The van der Waals surface area contributed by atoms with Crippen LogP contribution in [-0.4, -0.2) is 267 Å². The quantitative estimate of drug-likeness (QED) is 0.0153. The van der Waals surface area contributed by atoms with Crippen molar-refractivity contribution >= 4 is 78.2 Å². The van der Waals surface area contributed by atoms with Gasteiger partial charge in [-0.3, -0.25) is 50.1 Å². The number of unbranched alkanes of at least 4 members (excludes halogenated alkanes) is 3. The zero-order valence-electron chi connectivity index (χ0n) is 59.5. The molecule has 20 atom stereocenters. The van der Waals surface area contributed by atoms with E-state index in [0.717, 1.165) is 12.8 Å². The molecule has 52 nitrogen and oxygen atoms in total. The molecule has 0 heterocycles. The maximum atomic E-state index is 12.2. The average Bonchev–Trinajstić information content (AvgIpc) is 0.883. The molecule has 0 aromatic carbocycles. The molecule has 590 valence electrons. The molecule has 107 heavy (non-hydrogen) atoms. The zero-order valence-corrected chi connectivity index (χ0v) is 86.4. The van der Waals surface area contributed by atoms with E-state index in [-0.39, 0.29) is 273 Å². The summed E-state index contributed by atoms with van der Waals surface area (Å²) in [4.78, 5) is 117. The third-order valence-corrected chi connectivity index (χ3v) is 19.0. The second-order valence-electron chi connectivity index (χ2n) is 18.9. The summed E-state index contributed by atoms with van der Waals surface area (Å²) in [7, 11) is -53.5. The van der Waals surface area contributed by atoms with Crippen molar-refractivity contribution in [3.05, 3.63) is 0 Å². The first-order valence-electron chi connectivity index (χ1n) is 27.1. The van der Waals surface area contributed by atoms with E-state index in [1.54, 1.807) is 0 Å². The van der Waals surface area contributed by atoms with Crippen LogP contribution in [0.2, 0.25) is 0 Å². The third kappa shape index (κ3) is 82.4. The largest absolute Gasteiger partial charge is 1.00 e. The minimum Gasteiger partial charge on any atom is -0.756 e. The van der Waals surface area contributed by atoms with Crippen LogP contribution in [0, 0.1) is 0 Å². The van der Waals surface area contributed by atoms with E-state index in [0.29, 0.717) is 19.4 Å². The van der Waals surface area contributed by atoms with Crippen LogP contribution in [0.4, 0.5) is 0 Å². The first-order valence-corrected chi connectivity index (χ1v) is 41.7. The van der Waals surface area contributed by atoms with E-state index in [4.69, 9.17) is 15.9 Å². The number of phosphoric acid groups is 10. The molecule has 0 spiro atoms. The van der Waals surface area contributed by atoms with Crippen molar-refractivity contribution in [1.82, 2.24) is 0 Å². The summed E-state index contributed by atoms with van der Waals surface area (Å²) in [6.07, 6.45) is -17.7. The summed E-state index contributed by atoms with van der Waals surface area (Å²) >= 11 is 0. The van der Waals surface area contributed by atoms with Gasteiger partial charge in [-0.2, -0.15) is 0 Å². The van der Waals surface area contributed by atoms with Crippen molar-refractivity contribution in [3.63, 3.8) is 0 Å². The van der Waals surface area contributed by atoms with Gasteiger partial charge in [0.1, 0.15) is 61.0 Å². The molecule has 14 N–H and O–H groups in total. The third-order valence-electron chi connectivity index (χ3n) is 9.64. The van der Waals surface area contributed by atoms with Crippen molar-refractivity contribution in [2.75, 3.05) is 145 Å². The molecule has 0 saturated heterocycles. The predicted molar refractivity (Wildman–Crippen MR) is 292 cm³/mol. The van der Waals surface area contributed by atoms with Crippen LogP contribution in [0.25, 0.3) is 0 Å². The number of hydrogen-bond acceptors (Lipinski definition) is 51. The fraction of sp³-hybridized carbons (Fsp3) is 1.00. The van der Waals surface area contributed by atoms with Crippen LogP contribution in [0.1, 0.15) is 25.7 Å². The van der Waals surface area contributed by atoms with Gasteiger partial charge in [0, 0.05) is 0 Å². The van der Waals surface area contributed by atoms with E-state index in [2.05, 4.69) is 90.5 Å². The molecule has 0 bridgehead atoms. The molecule has 0 saturated carbocycles. The first kappa shape index (κ1) is 137. The summed E-state index contributed by atoms with van der Waals surface area (Å²) in [5.74, 6) is 0. The molecule has 0 radical (unpaired) electrons. The second-order valence-corrected chi connectivity index (χ2v) is 33.0. The molecule has 0 aliphatic rings. The SMILES string of the molecule is NCCCCCCOP(=O)([O-])OCC(O)COP(=O)([O-])OCC(O)COP(=O)([O-])OCC(O)COP(=O)([O-])OCC(O)COP(=O)([O-])OCC(O)COP(=O)(O)OCC(O)COP(=O)([O-])OCC(O)COP(=O)([O-])OCC(O)COP(=O)([O-])OCC(O)COP(=O)([O-])OC[C@H](O)CO.[Na+].[Na+].[Na+].[Na+].[Na+].[Na+].[Na+].[Na+].[Na+]. The van der Waals surface area contributed by atoms with Gasteiger partial charge in [0.05, 0.1) is 139 Å². The standard InChI is InChI=1S/C36H85NO51P10.9Na/c37-5-3-1-2-4-6-69-89(49,50)71-9-28(40)10-73-91(53,54)75-13-30(42)14-77-93(57,58)79-17-32(44)18-81-95(61,62)83-21-34(46)22-85-97(65,66)87-25-36(48)26-88-98(67,68)86-24-35(47)23-84-96(63,64)82-20-33(45)19-80-94(59,60)78-16-31(43)15-76-92(55,56)74-12-29(41)11-72-90(51,52)70-8-27(39)7-38;;;;;;;;;/h27-36,38-48H,1-26,37H2,(H,49,50)(H,51,52)(H,53,54)(H,55,56)(H,57,58)(H,59,60)(H,61,62)(H,63,64)(H,65,66)(H,67,68);;;;;;;;;/q;9*+1/p-9/t27-,28?,29?,30?,31?,32?,33?,34?,35?,36?;;;;;;;;;/m1........./s1. The topological polar surface area (TPSA) is 832 Å².